The Morgan fingerprint density at radius 3 is 1.67 bits per heavy atom. The van der Waals surface area contributed by atoms with Crippen LogP contribution >= 0.6 is 11.3 Å². The second-order valence-electron chi connectivity index (χ2n) is 13.5. The van der Waals surface area contributed by atoms with Gasteiger partial charge in [0.05, 0.1) is 28.1 Å². The van der Waals surface area contributed by atoms with E-state index < -0.39 is 0 Å². The van der Waals surface area contributed by atoms with Gasteiger partial charge in [0.15, 0.2) is 0 Å². The summed E-state index contributed by atoms with van der Waals surface area (Å²) in [5.74, 6) is 0. The van der Waals surface area contributed by atoms with Crippen molar-refractivity contribution in [2.24, 2.45) is 0 Å². The molecule has 3 heteroatoms. The summed E-state index contributed by atoms with van der Waals surface area (Å²) in [7, 11) is 0. The third-order valence-corrected chi connectivity index (χ3v) is 11.8. The lowest BCUT2D eigenvalue weighted by Gasteiger charge is -2.13. The van der Waals surface area contributed by atoms with Crippen LogP contribution in [0.3, 0.4) is 0 Å². The van der Waals surface area contributed by atoms with Gasteiger partial charge in [-0.2, -0.15) is 0 Å². The van der Waals surface area contributed by atoms with Gasteiger partial charge >= 0.3 is 0 Å². The molecule has 0 aliphatic rings. The summed E-state index contributed by atoms with van der Waals surface area (Å²) in [6, 6.07) is 65.9. The van der Waals surface area contributed by atoms with Gasteiger partial charge in [0, 0.05) is 47.6 Å². The average molecular weight is 679 g/mol. The molecule has 0 aliphatic heterocycles. The van der Waals surface area contributed by atoms with Crippen molar-refractivity contribution < 1.29 is 0 Å². The van der Waals surface area contributed by atoms with Gasteiger partial charge in [0.2, 0.25) is 0 Å². The SMILES string of the molecule is c1ccc(-c2cc(-n3c4ccc5ccccc5c4c4c5sc6c(-c7cccc8ccccc78)cccc6c5ccc43)cc(-c3ccccc3)n2)cc1. The van der Waals surface area contributed by atoms with E-state index in [9.17, 15) is 0 Å². The lowest BCUT2D eigenvalue weighted by molar-refractivity contribution is 1.16. The number of nitrogens with zero attached hydrogens (tertiary/aromatic N) is 2. The van der Waals surface area contributed by atoms with Crippen LogP contribution in [0.25, 0.3) is 103 Å². The Kier molecular flexibility index (Phi) is 6.46. The van der Waals surface area contributed by atoms with E-state index >= 15 is 0 Å². The number of aromatic nitrogens is 2. The molecule has 11 rings (SSSR count). The van der Waals surface area contributed by atoms with Crippen molar-refractivity contribution in [3.63, 3.8) is 0 Å². The monoisotopic (exact) mass is 678 g/mol. The Bertz CT molecular complexity index is 3110. The highest BCUT2D eigenvalue weighted by Gasteiger charge is 2.22. The molecule has 0 fully saturated rings. The molecule has 3 heterocycles. The van der Waals surface area contributed by atoms with Gasteiger partial charge in [-0.25, -0.2) is 4.98 Å². The molecular weight excluding hydrogens is 649 g/mol. The Labute approximate surface area is 304 Å². The number of fused-ring (bicyclic) bond motifs is 10. The zero-order valence-electron chi connectivity index (χ0n) is 28.1. The summed E-state index contributed by atoms with van der Waals surface area (Å²) in [5, 5.41) is 10.2. The van der Waals surface area contributed by atoms with Crippen LogP contribution in [0.4, 0.5) is 0 Å². The van der Waals surface area contributed by atoms with Crippen molar-refractivity contribution in [2.45, 2.75) is 0 Å². The summed E-state index contributed by atoms with van der Waals surface area (Å²) in [6.07, 6.45) is 0. The van der Waals surface area contributed by atoms with Crippen LogP contribution in [0, 0.1) is 0 Å². The van der Waals surface area contributed by atoms with Crippen molar-refractivity contribution in [2.75, 3.05) is 0 Å². The summed E-state index contributed by atoms with van der Waals surface area (Å²) < 4.78 is 5.11. The largest absolute Gasteiger partial charge is 0.309 e. The quantitative estimate of drug-likeness (QED) is 0.181. The Morgan fingerprint density at radius 2 is 0.923 bits per heavy atom. The smallest absolute Gasteiger partial charge is 0.0730 e. The van der Waals surface area contributed by atoms with Gasteiger partial charge in [0.1, 0.15) is 0 Å². The number of benzene rings is 8. The summed E-state index contributed by atoms with van der Waals surface area (Å²) in [5.41, 5.74) is 10.1. The van der Waals surface area contributed by atoms with Crippen LogP contribution < -0.4 is 0 Å². The van der Waals surface area contributed by atoms with E-state index in [1.165, 1.54) is 74.6 Å². The van der Waals surface area contributed by atoms with Gasteiger partial charge in [0.25, 0.3) is 0 Å². The van der Waals surface area contributed by atoms with Crippen molar-refractivity contribution in [3.8, 4) is 39.3 Å². The first-order valence-corrected chi connectivity index (χ1v) is 18.5. The topological polar surface area (TPSA) is 17.8 Å². The molecule has 11 aromatic rings. The van der Waals surface area contributed by atoms with Crippen LogP contribution in [0.2, 0.25) is 0 Å². The molecule has 0 amide bonds. The molecule has 8 aromatic carbocycles. The van der Waals surface area contributed by atoms with Gasteiger partial charge in [-0.3, -0.25) is 0 Å². The number of thiophene rings is 1. The van der Waals surface area contributed by atoms with E-state index in [1.54, 1.807) is 0 Å². The van der Waals surface area contributed by atoms with Crippen molar-refractivity contribution in [3.05, 3.63) is 182 Å². The van der Waals surface area contributed by atoms with E-state index in [4.69, 9.17) is 4.98 Å². The fourth-order valence-electron chi connectivity index (χ4n) is 8.23. The first-order chi connectivity index (χ1) is 25.8. The van der Waals surface area contributed by atoms with Crippen LogP contribution in [0.1, 0.15) is 0 Å². The zero-order valence-corrected chi connectivity index (χ0v) is 28.9. The molecule has 0 unspecified atom stereocenters. The van der Waals surface area contributed by atoms with E-state index in [0.717, 1.165) is 28.2 Å². The number of rotatable bonds is 4. The van der Waals surface area contributed by atoms with Crippen molar-refractivity contribution >= 4 is 74.9 Å². The fraction of sp³-hybridized carbons (Fsp3) is 0. The lowest BCUT2D eigenvalue weighted by Crippen LogP contribution is -1.98. The second kappa shape index (κ2) is 11.5. The first kappa shape index (κ1) is 29.2. The lowest BCUT2D eigenvalue weighted by atomic mass is 9.97. The molecular formula is C49H30N2S. The summed E-state index contributed by atoms with van der Waals surface area (Å²) in [6.45, 7) is 0. The Morgan fingerprint density at radius 1 is 0.385 bits per heavy atom. The molecule has 0 radical (unpaired) electrons. The molecule has 0 N–H and O–H groups in total. The number of hydrogen-bond donors (Lipinski definition) is 0. The summed E-state index contributed by atoms with van der Waals surface area (Å²) >= 11 is 1.93. The van der Waals surface area contributed by atoms with E-state index in [1.807, 2.05) is 11.3 Å². The molecule has 2 nitrogen and oxygen atoms in total. The summed E-state index contributed by atoms with van der Waals surface area (Å²) in [4.78, 5) is 5.22. The Balaban J connectivity index is 1.27. The number of hydrogen-bond acceptors (Lipinski definition) is 2. The third kappa shape index (κ3) is 4.40. The number of pyridine rings is 1. The normalized spacial score (nSPS) is 11.8. The maximum Gasteiger partial charge on any atom is 0.0730 e. The van der Waals surface area contributed by atoms with Gasteiger partial charge in [-0.1, -0.05) is 158 Å². The van der Waals surface area contributed by atoms with E-state index in [-0.39, 0.29) is 0 Å². The van der Waals surface area contributed by atoms with E-state index in [0.29, 0.717) is 0 Å². The molecule has 0 saturated carbocycles. The predicted molar refractivity (Wildman–Crippen MR) is 223 cm³/mol. The molecule has 0 spiro atoms. The van der Waals surface area contributed by atoms with Gasteiger partial charge in [-0.05, 0) is 51.4 Å². The van der Waals surface area contributed by atoms with Crippen LogP contribution in [0.15, 0.2) is 182 Å². The van der Waals surface area contributed by atoms with Gasteiger partial charge < -0.3 is 4.57 Å². The maximum atomic E-state index is 5.22. The fourth-order valence-corrected chi connectivity index (χ4v) is 9.60. The van der Waals surface area contributed by atoms with Crippen molar-refractivity contribution in [1.82, 2.24) is 9.55 Å². The third-order valence-electron chi connectivity index (χ3n) is 10.6. The standard InChI is InChI=1S/C49H30N2S/c1-3-15-33(16-4-1)42-29-35(30-43(50-42)34-17-5-2-6-18-34)51-44-27-25-32-14-8-10-21-37(32)46(44)47-45(51)28-26-41-40-24-12-23-39(48(40)52-49(41)47)38-22-11-19-31-13-7-9-20-36(31)38/h1-30H. The first-order valence-electron chi connectivity index (χ1n) is 17.7. The minimum Gasteiger partial charge on any atom is -0.309 e. The second-order valence-corrected chi connectivity index (χ2v) is 14.5. The Hall–Kier alpha value is -6.55. The highest BCUT2D eigenvalue weighted by molar-refractivity contribution is 7.27. The minimum absolute atomic E-state index is 0.954. The molecule has 0 aliphatic carbocycles. The average Bonchev–Trinajstić information content (AvgIpc) is 3.77. The van der Waals surface area contributed by atoms with Crippen LogP contribution in [0.5, 0.6) is 0 Å². The van der Waals surface area contributed by atoms with Crippen molar-refractivity contribution in [1.29, 1.82) is 0 Å². The molecule has 242 valence electrons. The van der Waals surface area contributed by atoms with Crippen LogP contribution in [-0.4, -0.2) is 9.55 Å². The molecule has 0 bridgehead atoms. The molecule has 0 atom stereocenters. The van der Waals surface area contributed by atoms with Crippen LogP contribution in [-0.2, 0) is 0 Å². The molecule has 52 heavy (non-hydrogen) atoms. The zero-order chi connectivity index (χ0) is 34.2. The highest BCUT2D eigenvalue weighted by atomic mass is 32.1. The van der Waals surface area contributed by atoms with Gasteiger partial charge in [-0.15, -0.1) is 11.3 Å². The van der Waals surface area contributed by atoms with E-state index in [2.05, 4.69) is 187 Å². The predicted octanol–water partition coefficient (Wildman–Crippen LogP) is 13.9. The minimum atomic E-state index is 0.954. The highest BCUT2D eigenvalue weighted by Crippen LogP contribution is 2.48. The molecule has 3 aromatic heterocycles. The molecule has 0 saturated heterocycles. The maximum absolute atomic E-state index is 5.22.